The van der Waals surface area contributed by atoms with Crippen molar-refractivity contribution in [2.45, 2.75) is 20.1 Å². The number of pyridine rings is 1. The molecule has 2 aromatic carbocycles. The van der Waals surface area contributed by atoms with E-state index in [1.54, 1.807) is 32.6 Å². The van der Waals surface area contributed by atoms with Gasteiger partial charge in [-0.3, -0.25) is 5.43 Å². The van der Waals surface area contributed by atoms with Crippen molar-refractivity contribution in [3.8, 4) is 17.6 Å². The van der Waals surface area contributed by atoms with Crippen molar-refractivity contribution in [1.82, 2.24) is 4.98 Å². The molecule has 0 saturated heterocycles. The summed E-state index contributed by atoms with van der Waals surface area (Å²) in [5, 5.41) is 14.2. The number of halogens is 2. The van der Waals surface area contributed by atoms with Crippen molar-refractivity contribution in [2.75, 3.05) is 19.6 Å². The zero-order valence-electron chi connectivity index (χ0n) is 18.4. The van der Waals surface area contributed by atoms with E-state index in [-0.39, 0.29) is 0 Å². The van der Waals surface area contributed by atoms with E-state index in [9.17, 15) is 5.26 Å². The number of rotatable bonds is 9. The summed E-state index contributed by atoms with van der Waals surface area (Å²) in [5.41, 5.74) is 6.42. The van der Waals surface area contributed by atoms with E-state index < -0.39 is 0 Å². The Hall–Kier alpha value is -2.87. The zero-order chi connectivity index (χ0) is 23.8. The fourth-order valence-corrected chi connectivity index (χ4v) is 3.71. The number of ether oxygens (including phenoxy) is 3. The predicted octanol–water partition coefficient (Wildman–Crippen LogP) is 5.70. The van der Waals surface area contributed by atoms with Gasteiger partial charge in [-0.15, -0.1) is 0 Å². The van der Waals surface area contributed by atoms with E-state index in [0.717, 1.165) is 20.4 Å². The molecule has 33 heavy (non-hydrogen) atoms. The first-order valence-corrected chi connectivity index (χ1v) is 11.3. The molecule has 0 atom stereocenters. The lowest BCUT2D eigenvalue weighted by Gasteiger charge is -2.13. The molecule has 0 aliphatic heterocycles. The maximum atomic E-state index is 9.53. The van der Waals surface area contributed by atoms with Gasteiger partial charge < -0.3 is 14.2 Å². The van der Waals surface area contributed by atoms with Crippen LogP contribution in [0, 0.1) is 21.8 Å². The first-order valence-electron chi connectivity index (χ1n) is 9.88. The largest absolute Gasteiger partial charge is 0.493 e. The van der Waals surface area contributed by atoms with Gasteiger partial charge in [0.1, 0.15) is 18.2 Å². The molecule has 0 unspecified atom stereocenters. The van der Waals surface area contributed by atoms with Crippen molar-refractivity contribution >= 4 is 46.2 Å². The lowest BCUT2D eigenvalue weighted by atomic mass is 10.1. The fourth-order valence-electron chi connectivity index (χ4n) is 3.07. The first-order chi connectivity index (χ1) is 15.9. The van der Waals surface area contributed by atoms with E-state index in [4.69, 9.17) is 25.8 Å². The number of nitrogens with zero attached hydrogens (tertiary/aromatic N) is 3. The van der Waals surface area contributed by atoms with E-state index in [1.807, 2.05) is 37.3 Å². The molecule has 0 bridgehead atoms. The van der Waals surface area contributed by atoms with E-state index in [1.165, 1.54) is 0 Å². The topological polar surface area (TPSA) is 88.8 Å². The van der Waals surface area contributed by atoms with Gasteiger partial charge in [0.25, 0.3) is 0 Å². The third-order valence-corrected chi connectivity index (χ3v) is 5.57. The number of nitriles is 1. The normalized spacial score (nSPS) is 10.8. The molecule has 0 aliphatic carbocycles. The second kappa shape index (κ2) is 11.8. The van der Waals surface area contributed by atoms with E-state index in [0.29, 0.717) is 46.7 Å². The minimum atomic E-state index is 0.307. The van der Waals surface area contributed by atoms with Crippen molar-refractivity contribution in [2.24, 2.45) is 5.10 Å². The molecule has 3 aromatic rings. The molecule has 9 heteroatoms. The number of hydrazone groups is 1. The number of aryl methyl sites for hydroxylation is 1. The standard InChI is InChI=1S/C24H22ClIN4O3/c1-15-8-18(14-31-2)20(11-27)24(29-15)30-28-12-17-9-21(25)23(22(10-17)32-3)33-13-16-4-6-19(26)7-5-16/h4-10,12H,13-14H2,1-3H3,(H,29,30)/b28-12-. The number of anilines is 1. The van der Waals surface area contributed by atoms with Crippen LogP contribution in [0.15, 0.2) is 47.6 Å². The van der Waals surface area contributed by atoms with Gasteiger partial charge in [0, 0.05) is 21.9 Å². The van der Waals surface area contributed by atoms with Gasteiger partial charge in [-0.25, -0.2) is 4.98 Å². The summed E-state index contributed by atoms with van der Waals surface area (Å²) in [6, 6.07) is 15.5. The number of nitrogens with one attached hydrogen (secondary N) is 1. The summed E-state index contributed by atoms with van der Waals surface area (Å²) in [5.74, 6) is 1.30. The van der Waals surface area contributed by atoms with Gasteiger partial charge in [-0.2, -0.15) is 10.4 Å². The molecular weight excluding hydrogens is 555 g/mol. The SMILES string of the molecule is COCc1cc(C)nc(N/N=C\c2cc(Cl)c(OCc3ccc(I)cc3)c(OC)c2)c1C#N. The Bertz CT molecular complexity index is 1190. The number of hydrogen-bond acceptors (Lipinski definition) is 7. The molecule has 170 valence electrons. The highest BCUT2D eigenvalue weighted by Crippen LogP contribution is 2.36. The Labute approximate surface area is 211 Å². The van der Waals surface area contributed by atoms with Gasteiger partial charge in [0.05, 0.1) is 25.0 Å². The van der Waals surface area contributed by atoms with E-state index in [2.05, 4.69) is 44.2 Å². The molecule has 0 saturated carbocycles. The Morgan fingerprint density at radius 2 is 1.94 bits per heavy atom. The Morgan fingerprint density at radius 3 is 2.61 bits per heavy atom. The van der Waals surface area contributed by atoms with Crippen molar-refractivity contribution in [3.63, 3.8) is 0 Å². The number of benzene rings is 2. The van der Waals surface area contributed by atoms with Crippen molar-refractivity contribution in [1.29, 1.82) is 5.26 Å². The van der Waals surface area contributed by atoms with Crippen LogP contribution in [0.1, 0.15) is 27.9 Å². The van der Waals surface area contributed by atoms with Crippen LogP contribution in [0.3, 0.4) is 0 Å². The summed E-state index contributed by atoms with van der Waals surface area (Å²) in [7, 11) is 3.13. The molecule has 0 radical (unpaired) electrons. The van der Waals surface area contributed by atoms with Crippen LogP contribution in [0.5, 0.6) is 11.5 Å². The van der Waals surface area contributed by atoms with Gasteiger partial charge in [0.2, 0.25) is 0 Å². The monoisotopic (exact) mass is 576 g/mol. The summed E-state index contributed by atoms with van der Waals surface area (Å²) in [4.78, 5) is 4.37. The number of methoxy groups -OCH3 is 2. The highest BCUT2D eigenvalue weighted by atomic mass is 127. The molecule has 3 rings (SSSR count). The summed E-state index contributed by atoms with van der Waals surface area (Å²) < 4.78 is 17.7. The van der Waals surface area contributed by atoms with Gasteiger partial charge >= 0.3 is 0 Å². The third-order valence-electron chi connectivity index (χ3n) is 4.57. The maximum absolute atomic E-state index is 9.53. The van der Waals surface area contributed by atoms with Crippen LogP contribution in [-0.2, 0) is 18.0 Å². The molecule has 1 heterocycles. The summed E-state index contributed by atoms with van der Waals surface area (Å²) >= 11 is 8.72. The second-order valence-corrected chi connectivity index (χ2v) is 8.66. The number of aromatic nitrogens is 1. The molecule has 7 nitrogen and oxygen atoms in total. The van der Waals surface area contributed by atoms with Crippen molar-refractivity contribution in [3.05, 3.63) is 79.0 Å². The molecule has 1 aromatic heterocycles. The smallest absolute Gasteiger partial charge is 0.180 e. The zero-order valence-corrected chi connectivity index (χ0v) is 21.3. The van der Waals surface area contributed by atoms with Gasteiger partial charge in [0.15, 0.2) is 17.3 Å². The molecule has 1 N–H and O–H groups in total. The number of hydrogen-bond donors (Lipinski definition) is 1. The maximum Gasteiger partial charge on any atom is 0.180 e. The van der Waals surface area contributed by atoms with Crippen LogP contribution >= 0.6 is 34.2 Å². The Kier molecular flexibility index (Phi) is 8.88. The van der Waals surface area contributed by atoms with Gasteiger partial charge in [-0.05, 0) is 71.0 Å². The lowest BCUT2D eigenvalue weighted by Crippen LogP contribution is -2.03. The van der Waals surface area contributed by atoms with Crippen LogP contribution in [0.2, 0.25) is 5.02 Å². The van der Waals surface area contributed by atoms with Crippen LogP contribution in [0.4, 0.5) is 5.82 Å². The third kappa shape index (κ3) is 6.57. The highest BCUT2D eigenvalue weighted by Gasteiger charge is 2.13. The molecule has 0 aliphatic rings. The average Bonchev–Trinajstić information content (AvgIpc) is 2.79. The van der Waals surface area contributed by atoms with E-state index >= 15 is 0 Å². The molecule has 0 spiro atoms. The lowest BCUT2D eigenvalue weighted by molar-refractivity contribution is 0.184. The Morgan fingerprint density at radius 1 is 1.18 bits per heavy atom. The minimum Gasteiger partial charge on any atom is -0.493 e. The van der Waals surface area contributed by atoms with Crippen LogP contribution in [-0.4, -0.2) is 25.4 Å². The molecule has 0 amide bonds. The summed E-state index contributed by atoms with van der Waals surface area (Å²) in [6.45, 7) is 2.51. The quantitative estimate of drug-likeness (QED) is 0.200. The molecular formula is C24H22ClIN4O3. The molecule has 0 fully saturated rings. The summed E-state index contributed by atoms with van der Waals surface area (Å²) in [6.07, 6.45) is 1.57. The van der Waals surface area contributed by atoms with Gasteiger partial charge in [-0.1, -0.05) is 23.7 Å². The predicted molar refractivity (Wildman–Crippen MR) is 137 cm³/mol. The van der Waals surface area contributed by atoms with Crippen LogP contribution < -0.4 is 14.9 Å². The highest BCUT2D eigenvalue weighted by molar-refractivity contribution is 14.1. The second-order valence-electron chi connectivity index (χ2n) is 7.01. The van der Waals surface area contributed by atoms with Crippen LogP contribution in [0.25, 0.3) is 0 Å². The van der Waals surface area contributed by atoms with Crippen molar-refractivity contribution < 1.29 is 14.2 Å². The first kappa shape index (κ1) is 24.8. The fraction of sp³-hybridized carbons (Fsp3) is 0.208. The average molecular weight is 577 g/mol. The minimum absolute atomic E-state index is 0.307. The Balaban J connectivity index is 1.77.